The fourth-order valence-electron chi connectivity index (χ4n) is 3.59. The van der Waals surface area contributed by atoms with Gasteiger partial charge in [0.15, 0.2) is 24.1 Å². The smallest absolute Gasteiger partial charge is 0.303 e. The average Bonchev–Trinajstić information content (AvgIpc) is 3.18. The first kappa shape index (κ1) is 24.1. The Kier molecular flexibility index (Phi) is 7.23. The molecule has 1 saturated heterocycles. The number of hydrogen-bond donors (Lipinski definition) is 2. The Morgan fingerprint density at radius 1 is 1.12 bits per heavy atom. The number of benzene rings is 1. The number of azo groups is 1. The Labute approximate surface area is 193 Å². The van der Waals surface area contributed by atoms with E-state index in [9.17, 15) is 19.5 Å². The summed E-state index contributed by atoms with van der Waals surface area (Å²) in [5.74, 6) is -2.31. The number of nitrogens with two attached hydrogens (primary N) is 1. The maximum Gasteiger partial charge on any atom is 0.303 e. The maximum atomic E-state index is 11.9. The molecule has 0 amide bonds. The van der Waals surface area contributed by atoms with Gasteiger partial charge in [0.25, 0.3) is 0 Å². The van der Waals surface area contributed by atoms with Crippen LogP contribution >= 0.6 is 12.2 Å². The Morgan fingerprint density at radius 3 is 2.36 bits per heavy atom. The van der Waals surface area contributed by atoms with E-state index in [0.29, 0.717) is 10.9 Å². The molecule has 33 heavy (non-hydrogen) atoms. The molecule has 1 aromatic heterocycles. The quantitative estimate of drug-likeness (QED) is 0.271. The van der Waals surface area contributed by atoms with Crippen LogP contribution < -0.4 is 5.73 Å². The van der Waals surface area contributed by atoms with Crippen molar-refractivity contribution in [2.45, 2.75) is 45.3 Å². The number of para-hydroxylation sites is 1. The lowest BCUT2D eigenvalue weighted by molar-refractivity contribution is -0.166. The fraction of sp³-hybridized carbons (Fsp3) is 0.400. The third-order valence-corrected chi connectivity index (χ3v) is 4.78. The number of thiocarbonyl (C=S) groups is 1. The van der Waals surface area contributed by atoms with Gasteiger partial charge in [-0.15, -0.1) is 10.2 Å². The highest BCUT2D eigenvalue weighted by atomic mass is 32.1. The fourth-order valence-corrected chi connectivity index (χ4v) is 3.63. The molecule has 4 atom stereocenters. The van der Waals surface area contributed by atoms with E-state index in [1.807, 2.05) is 0 Å². The molecule has 0 unspecified atom stereocenters. The third-order valence-electron chi connectivity index (χ3n) is 4.70. The van der Waals surface area contributed by atoms with Crippen molar-refractivity contribution in [1.29, 1.82) is 0 Å². The number of ether oxygens (including phenoxy) is 4. The summed E-state index contributed by atoms with van der Waals surface area (Å²) >= 11 is 4.72. The van der Waals surface area contributed by atoms with Crippen molar-refractivity contribution < 1.29 is 38.4 Å². The first-order valence-electron chi connectivity index (χ1n) is 9.76. The van der Waals surface area contributed by atoms with Crippen LogP contribution in [0.2, 0.25) is 0 Å². The highest BCUT2D eigenvalue weighted by molar-refractivity contribution is 7.80. The van der Waals surface area contributed by atoms with Crippen LogP contribution in [-0.4, -0.2) is 57.6 Å². The number of fused-ring (bicyclic) bond motifs is 1. The molecule has 1 fully saturated rings. The Balaban J connectivity index is 2.15. The van der Waals surface area contributed by atoms with E-state index in [1.54, 1.807) is 24.3 Å². The molecular weight excluding hydrogens is 456 g/mol. The van der Waals surface area contributed by atoms with Crippen LogP contribution in [0.5, 0.6) is 5.88 Å². The summed E-state index contributed by atoms with van der Waals surface area (Å²) in [5, 5.41) is 18.8. The number of aromatic hydroxyl groups is 1. The highest BCUT2D eigenvalue weighted by Gasteiger charge is 2.51. The highest BCUT2D eigenvalue weighted by Crippen LogP contribution is 2.45. The molecular formula is C20H22N4O8S. The SMILES string of the molecule is CC(=O)OC[C@H]1O[C@@H](n2c(O)c(N=NC(N)=S)c3ccccc32)[C@H](OC(C)=O)[C@@H]1OC(C)=O. The molecule has 0 spiro atoms. The van der Waals surface area contributed by atoms with Crippen molar-refractivity contribution in [2.75, 3.05) is 6.61 Å². The van der Waals surface area contributed by atoms with Gasteiger partial charge >= 0.3 is 17.9 Å². The molecule has 12 nitrogen and oxygen atoms in total. The van der Waals surface area contributed by atoms with Gasteiger partial charge in [-0.05, 0) is 18.3 Å². The van der Waals surface area contributed by atoms with Crippen LogP contribution in [0, 0.1) is 0 Å². The minimum atomic E-state index is -1.19. The summed E-state index contributed by atoms with van der Waals surface area (Å²) in [7, 11) is 0. The average molecular weight is 478 g/mol. The summed E-state index contributed by atoms with van der Waals surface area (Å²) in [6, 6.07) is 6.77. The lowest BCUT2D eigenvalue weighted by Gasteiger charge is -2.24. The van der Waals surface area contributed by atoms with Gasteiger partial charge in [0.1, 0.15) is 12.7 Å². The van der Waals surface area contributed by atoms with Crippen LogP contribution in [-0.2, 0) is 33.3 Å². The van der Waals surface area contributed by atoms with Crippen molar-refractivity contribution >= 4 is 51.8 Å². The minimum Gasteiger partial charge on any atom is -0.493 e. The zero-order valence-electron chi connectivity index (χ0n) is 18.0. The Bertz CT molecular complexity index is 1130. The van der Waals surface area contributed by atoms with Crippen molar-refractivity contribution in [3.05, 3.63) is 24.3 Å². The van der Waals surface area contributed by atoms with E-state index in [1.165, 1.54) is 25.3 Å². The van der Waals surface area contributed by atoms with Gasteiger partial charge in [0.2, 0.25) is 11.0 Å². The first-order chi connectivity index (χ1) is 15.6. The van der Waals surface area contributed by atoms with Gasteiger partial charge in [0, 0.05) is 26.2 Å². The molecule has 176 valence electrons. The van der Waals surface area contributed by atoms with E-state index >= 15 is 0 Å². The molecule has 0 radical (unpaired) electrons. The van der Waals surface area contributed by atoms with Crippen molar-refractivity contribution in [1.82, 2.24) is 4.57 Å². The summed E-state index contributed by atoms with van der Waals surface area (Å²) in [6.07, 6.45) is -4.47. The topological polar surface area (TPSA) is 164 Å². The van der Waals surface area contributed by atoms with E-state index in [2.05, 4.69) is 10.2 Å². The molecule has 1 aliphatic heterocycles. The third kappa shape index (κ3) is 5.26. The number of carbonyl (C=O) groups is 3. The van der Waals surface area contributed by atoms with E-state index < -0.39 is 42.4 Å². The lowest BCUT2D eigenvalue weighted by atomic mass is 10.1. The second-order valence-electron chi connectivity index (χ2n) is 7.11. The van der Waals surface area contributed by atoms with Crippen molar-refractivity contribution in [2.24, 2.45) is 16.0 Å². The molecule has 1 aliphatic rings. The molecule has 0 saturated carbocycles. The molecule has 0 aliphatic carbocycles. The Hall–Kier alpha value is -3.58. The van der Waals surface area contributed by atoms with Crippen LogP contribution in [0.4, 0.5) is 5.69 Å². The van der Waals surface area contributed by atoms with Crippen molar-refractivity contribution in [3.8, 4) is 5.88 Å². The van der Waals surface area contributed by atoms with Gasteiger partial charge in [-0.3, -0.25) is 19.0 Å². The first-order valence-corrected chi connectivity index (χ1v) is 10.2. The molecule has 1 aromatic carbocycles. The monoisotopic (exact) mass is 478 g/mol. The number of carbonyl (C=O) groups excluding carboxylic acids is 3. The number of hydrogen-bond acceptors (Lipinski definition) is 10. The van der Waals surface area contributed by atoms with Gasteiger partial charge < -0.3 is 29.8 Å². The van der Waals surface area contributed by atoms with Crippen LogP contribution in [0.25, 0.3) is 10.9 Å². The van der Waals surface area contributed by atoms with Crippen LogP contribution in [0.15, 0.2) is 34.5 Å². The van der Waals surface area contributed by atoms with Crippen LogP contribution in [0.1, 0.15) is 27.0 Å². The standard InChI is InChI=1S/C20H22N4O8S/c1-9(25)29-8-14-16(30-10(2)26)17(31-11(3)27)19(32-14)24-13-7-5-4-6-12(13)15(18(24)28)22-23-20(21)33/h4-7,14,16-17,19,28H,8H2,1-3H3,(H2,21,33)/t14-,16-,17-,19-/m1/s1. The second-order valence-corrected chi connectivity index (χ2v) is 7.53. The zero-order chi connectivity index (χ0) is 24.3. The number of esters is 3. The molecule has 3 N–H and O–H groups in total. The predicted molar refractivity (Wildman–Crippen MR) is 117 cm³/mol. The minimum absolute atomic E-state index is 0.0519. The van der Waals surface area contributed by atoms with Crippen molar-refractivity contribution in [3.63, 3.8) is 0 Å². The molecule has 13 heteroatoms. The lowest BCUT2D eigenvalue weighted by Crippen LogP contribution is -2.40. The molecule has 0 bridgehead atoms. The van der Waals surface area contributed by atoms with Gasteiger partial charge in [-0.1, -0.05) is 18.2 Å². The summed E-state index contributed by atoms with van der Waals surface area (Å²) in [4.78, 5) is 35.0. The van der Waals surface area contributed by atoms with Gasteiger partial charge in [-0.2, -0.15) is 0 Å². The summed E-state index contributed by atoms with van der Waals surface area (Å²) < 4.78 is 23.1. The number of rotatable bonds is 6. The van der Waals surface area contributed by atoms with Gasteiger partial charge in [0.05, 0.1) is 5.52 Å². The van der Waals surface area contributed by atoms with Gasteiger partial charge in [-0.25, -0.2) is 0 Å². The predicted octanol–water partition coefficient (Wildman–Crippen LogP) is 2.00. The summed E-state index contributed by atoms with van der Waals surface area (Å²) in [6.45, 7) is 3.28. The zero-order valence-corrected chi connectivity index (χ0v) is 18.8. The van der Waals surface area contributed by atoms with E-state index in [4.69, 9.17) is 36.9 Å². The van der Waals surface area contributed by atoms with E-state index in [0.717, 1.165) is 0 Å². The molecule has 2 aromatic rings. The van der Waals surface area contributed by atoms with E-state index in [-0.39, 0.29) is 23.3 Å². The normalized spacial score (nSPS) is 22.4. The number of aromatic nitrogens is 1. The number of nitrogens with zero attached hydrogens (tertiary/aromatic N) is 3. The largest absolute Gasteiger partial charge is 0.493 e. The molecule has 2 heterocycles. The second kappa shape index (κ2) is 9.92. The molecule has 3 rings (SSSR count). The summed E-state index contributed by atoms with van der Waals surface area (Å²) in [5.41, 5.74) is 5.89. The van der Waals surface area contributed by atoms with Crippen LogP contribution in [0.3, 0.4) is 0 Å². The Morgan fingerprint density at radius 2 is 1.76 bits per heavy atom. The maximum absolute atomic E-state index is 11.9.